The first-order valence-electron chi connectivity index (χ1n) is 6.00. The van der Waals surface area contributed by atoms with Gasteiger partial charge in [0, 0.05) is 0 Å². The van der Waals surface area contributed by atoms with Crippen LogP contribution < -0.4 is 5.73 Å². The maximum atomic E-state index is 6.30. The third-order valence-electron chi connectivity index (χ3n) is 3.23. The van der Waals surface area contributed by atoms with Crippen molar-refractivity contribution in [3.05, 3.63) is 46.9 Å². The minimum Gasteiger partial charge on any atom is -0.369 e. The van der Waals surface area contributed by atoms with Gasteiger partial charge in [0.15, 0.2) is 0 Å². The number of imidazole rings is 1. The Labute approximate surface area is 123 Å². The first kappa shape index (κ1) is 11.7. The van der Waals surface area contributed by atoms with Crippen LogP contribution >= 0.6 is 22.9 Å². The highest BCUT2D eigenvalue weighted by atomic mass is 35.5. The monoisotopic (exact) mass is 300 g/mol. The molecule has 4 aromatic rings. The number of aromatic nitrogens is 3. The van der Waals surface area contributed by atoms with Crippen LogP contribution in [0, 0.1) is 0 Å². The highest BCUT2D eigenvalue weighted by Gasteiger charge is 2.13. The van der Waals surface area contributed by atoms with Crippen LogP contribution in [0.1, 0.15) is 0 Å². The highest BCUT2D eigenvalue weighted by molar-refractivity contribution is 7.16. The Morgan fingerprint density at radius 1 is 1.15 bits per heavy atom. The van der Waals surface area contributed by atoms with Gasteiger partial charge in [-0.1, -0.05) is 17.7 Å². The van der Waals surface area contributed by atoms with Gasteiger partial charge in [0.25, 0.3) is 0 Å². The Balaban J connectivity index is 2.08. The van der Waals surface area contributed by atoms with Gasteiger partial charge in [-0.3, -0.25) is 4.57 Å². The number of fused-ring (bicyclic) bond motifs is 2. The molecule has 0 unspecified atom stereocenters. The molecule has 0 aliphatic rings. The molecule has 0 fully saturated rings. The van der Waals surface area contributed by atoms with Crippen molar-refractivity contribution in [3.8, 4) is 5.69 Å². The number of nitrogens with zero attached hydrogens (tertiary/aromatic N) is 3. The molecule has 0 aliphatic heterocycles. The molecule has 2 heterocycles. The molecule has 0 saturated carbocycles. The van der Waals surface area contributed by atoms with E-state index in [0.29, 0.717) is 11.0 Å². The molecular weight excluding hydrogens is 292 g/mol. The van der Waals surface area contributed by atoms with Gasteiger partial charge in [0.2, 0.25) is 5.95 Å². The number of halogens is 1. The molecule has 0 amide bonds. The van der Waals surface area contributed by atoms with Gasteiger partial charge in [0.1, 0.15) is 0 Å². The average Bonchev–Trinajstić information content (AvgIpc) is 3.01. The Hall–Kier alpha value is -2.11. The van der Waals surface area contributed by atoms with Crippen molar-refractivity contribution >= 4 is 50.1 Å². The van der Waals surface area contributed by atoms with Gasteiger partial charge in [-0.2, -0.15) is 0 Å². The van der Waals surface area contributed by atoms with Crippen LogP contribution in [-0.2, 0) is 0 Å². The van der Waals surface area contributed by atoms with Crippen molar-refractivity contribution < 1.29 is 0 Å². The van der Waals surface area contributed by atoms with Crippen LogP contribution in [0.5, 0.6) is 0 Å². The summed E-state index contributed by atoms with van der Waals surface area (Å²) < 4.78 is 2.98. The molecule has 0 radical (unpaired) electrons. The van der Waals surface area contributed by atoms with E-state index in [0.717, 1.165) is 26.9 Å². The number of nitrogen functional groups attached to an aromatic ring is 1. The second-order valence-corrected chi connectivity index (χ2v) is 5.71. The second kappa shape index (κ2) is 4.19. The summed E-state index contributed by atoms with van der Waals surface area (Å²) in [6.45, 7) is 0. The lowest BCUT2D eigenvalue weighted by molar-refractivity contribution is 1.11. The van der Waals surface area contributed by atoms with E-state index in [1.807, 2.05) is 46.5 Å². The largest absolute Gasteiger partial charge is 0.369 e. The number of para-hydroxylation sites is 1. The van der Waals surface area contributed by atoms with Crippen molar-refractivity contribution in [2.24, 2.45) is 0 Å². The first-order valence-corrected chi connectivity index (χ1v) is 7.26. The highest BCUT2D eigenvalue weighted by Crippen LogP contribution is 2.30. The molecule has 0 atom stereocenters. The molecule has 2 N–H and O–H groups in total. The van der Waals surface area contributed by atoms with Gasteiger partial charge >= 0.3 is 0 Å². The van der Waals surface area contributed by atoms with E-state index in [2.05, 4.69) is 9.97 Å². The fraction of sp³-hybridized carbons (Fsp3) is 0. The van der Waals surface area contributed by atoms with E-state index < -0.39 is 0 Å². The standard InChI is InChI=1S/C14H9ClN4S/c15-9-2-1-3-11-13(9)19(14(16)18-11)8-4-5-10-12(6-8)20-7-17-10/h1-7H,(H2,16,18). The Morgan fingerprint density at radius 3 is 2.95 bits per heavy atom. The van der Waals surface area contributed by atoms with Crippen LogP contribution in [0.25, 0.3) is 26.9 Å². The quantitative estimate of drug-likeness (QED) is 0.580. The number of hydrogen-bond donors (Lipinski definition) is 1. The van der Waals surface area contributed by atoms with Gasteiger partial charge < -0.3 is 5.73 Å². The molecule has 98 valence electrons. The fourth-order valence-electron chi connectivity index (χ4n) is 2.35. The SMILES string of the molecule is Nc1nc2cccc(Cl)c2n1-c1ccc2ncsc2c1. The van der Waals surface area contributed by atoms with Crippen molar-refractivity contribution in [3.63, 3.8) is 0 Å². The lowest BCUT2D eigenvalue weighted by atomic mass is 10.2. The molecule has 4 rings (SSSR count). The molecule has 4 nitrogen and oxygen atoms in total. The zero-order valence-electron chi connectivity index (χ0n) is 10.2. The van der Waals surface area contributed by atoms with Crippen LogP contribution in [0.3, 0.4) is 0 Å². The predicted molar refractivity (Wildman–Crippen MR) is 83.7 cm³/mol. The summed E-state index contributed by atoms with van der Waals surface area (Å²) in [6, 6.07) is 11.6. The van der Waals surface area contributed by atoms with E-state index in [9.17, 15) is 0 Å². The Bertz CT molecular complexity index is 941. The van der Waals surface area contributed by atoms with Crippen LogP contribution in [0.15, 0.2) is 41.9 Å². The third kappa shape index (κ3) is 1.60. The predicted octanol–water partition coefficient (Wildman–Crippen LogP) is 3.87. The number of nitrogens with two attached hydrogens (primary N) is 1. The lowest BCUT2D eigenvalue weighted by Gasteiger charge is -2.07. The van der Waals surface area contributed by atoms with Crippen molar-refractivity contribution in [2.75, 3.05) is 5.73 Å². The Morgan fingerprint density at radius 2 is 2.05 bits per heavy atom. The number of rotatable bonds is 1. The average molecular weight is 301 g/mol. The maximum Gasteiger partial charge on any atom is 0.205 e. The summed E-state index contributed by atoms with van der Waals surface area (Å²) in [5.74, 6) is 0.428. The van der Waals surface area contributed by atoms with Crippen LogP contribution in [0.2, 0.25) is 5.02 Å². The van der Waals surface area contributed by atoms with E-state index >= 15 is 0 Å². The number of hydrogen-bond acceptors (Lipinski definition) is 4. The summed E-state index contributed by atoms with van der Waals surface area (Å²) in [4.78, 5) is 8.64. The maximum absolute atomic E-state index is 6.30. The molecule has 0 spiro atoms. The summed E-state index contributed by atoms with van der Waals surface area (Å²) >= 11 is 7.89. The minimum absolute atomic E-state index is 0.428. The fourth-order valence-corrected chi connectivity index (χ4v) is 3.31. The molecule has 0 bridgehead atoms. The van der Waals surface area contributed by atoms with Crippen molar-refractivity contribution in [2.45, 2.75) is 0 Å². The molecule has 2 aromatic heterocycles. The van der Waals surface area contributed by atoms with E-state index in [1.54, 1.807) is 11.3 Å². The van der Waals surface area contributed by atoms with Gasteiger partial charge in [-0.05, 0) is 30.3 Å². The normalized spacial score (nSPS) is 11.4. The van der Waals surface area contributed by atoms with Crippen molar-refractivity contribution in [1.82, 2.24) is 14.5 Å². The number of thiazole rings is 1. The van der Waals surface area contributed by atoms with E-state index in [-0.39, 0.29) is 0 Å². The Kier molecular flexibility index (Phi) is 2.45. The first-order chi connectivity index (χ1) is 9.74. The van der Waals surface area contributed by atoms with Crippen LogP contribution in [-0.4, -0.2) is 14.5 Å². The summed E-state index contributed by atoms with van der Waals surface area (Å²) in [5, 5.41) is 0.635. The van der Waals surface area contributed by atoms with E-state index in [4.69, 9.17) is 17.3 Å². The van der Waals surface area contributed by atoms with Gasteiger partial charge in [-0.15, -0.1) is 11.3 Å². The topological polar surface area (TPSA) is 56.7 Å². The lowest BCUT2D eigenvalue weighted by Crippen LogP contribution is -2.00. The third-order valence-corrected chi connectivity index (χ3v) is 4.32. The van der Waals surface area contributed by atoms with Gasteiger partial charge in [-0.25, -0.2) is 9.97 Å². The summed E-state index contributed by atoms with van der Waals surface area (Å²) in [7, 11) is 0. The smallest absolute Gasteiger partial charge is 0.205 e. The molecule has 6 heteroatoms. The molecule has 2 aromatic carbocycles. The van der Waals surface area contributed by atoms with Gasteiger partial charge in [0.05, 0.1) is 37.5 Å². The zero-order chi connectivity index (χ0) is 13.7. The summed E-state index contributed by atoms with van der Waals surface area (Å²) in [5.41, 5.74) is 11.4. The summed E-state index contributed by atoms with van der Waals surface area (Å²) in [6.07, 6.45) is 0. The number of anilines is 1. The molecule has 0 aliphatic carbocycles. The molecule has 0 saturated heterocycles. The molecule has 20 heavy (non-hydrogen) atoms. The second-order valence-electron chi connectivity index (χ2n) is 4.42. The zero-order valence-corrected chi connectivity index (χ0v) is 11.8. The molecular formula is C14H9ClN4S. The van der Waals surface area contributed by atoms with Crippen molar-refractivity contribution in [1.29, 1.82) is 0 Å². The van der Waals surface area contributed by atoms with E-state index in [1.165, 1.54) is 0 Å². The number of benzene rings is 2. The van der Waals surface area contributed by atoms with Crippen LogP contribution in [0.4, 0.5) is 5.95 Å². The minimum atomic E-state index is 0.428.